The number of nitrogens with zero attached hydrogens (tertiary/aromatic N) is 1. The molecule has 0 aliphatic heterocycles. The molecule has 3 rings (SSSR count). The predicted molar refractivity (Wildman–Crippen MR) is 75.1 cm³/mol. The fourth-order valence-corrected chi connectivity index (χ4v) is 3.32. The Labute approximate surface area is 117 Å². The van der Waals surface area contributed by atoms with Crippen LogP contribution in [0, 0.1) is 5.82 Å². The van der Waals surface area contributed by atoms with Crippen LogP contribution in [0.5, 0.6) is 0 Å². The molecule has 1 aromatic carbocycles. The third-order valence-corrected chi connectivity index (χ3v) is 4.55. The Balaban J connectivity index is 1.83. The van der Waals surface area contributed by atoms with E-state index in [1.165, 1.54) is 18.9 Å². The van der Waals surface area contributed by atoms with Gasteiger partial charge in [0, 0.05) is 28.1 Å². The van der Waals surface area contributed by atoms with Crippen molar-refractivity contribution >= 4 is 27.3 Å². The first kappa shape index (κ1) is 12.3. The number of thiazole rings is 1. The predicted octanol–water partition coefficient (Wildman–Crippen LogP) is 3.96. The molecule has 0 spiro atoms. The Morgan fingerprint density at radius 3 is 3.00 bits per heavy atom. The fourth-order valence-electron chi connectivity index (χ4n) is 1.74. The maximum absolute atomic E-state index is 13.8. The topological polar surface area (TPSA) is 24.9 Å². The molecule has 0 amide bonds. The highest BCUT2D eigenvalue weighted by Gasteiger charge is 2.20. The van der Waals surface area contributed by atoms with Gasteiger partial charge in [-0.25, -0.2) is 9.37 Å². The molecule has 1 fully saturated rings. The van der Waals surface area contributed by atoms with E-state index in [-0.39, 0.29) is 5.82 Å². The first-order chi connectivity index (χ1) is 8.74. The fraction of sp³-hybridized carbons (Fsp3) is 0.308. The third-order valence-electron chi connectivity index (χ3n) is 2.87. The number of hydrogen-bond acceptors (Lipinski definition) is 3. The van der Waals surface area contributed by atoms with Crippen LogP contribution in [0.1, 0.15) is 17.7 Å². The van der Waals surface area contributed by atoms with E-state index in [0.29, 0.717) is 11.6 Å². The van der Waals surface area contributed by atoms with Crippen molar-refractivity contribution in [2.75, 3.05) is 0 Å². The lowest BCUT2D eigenvalue weighted by Crippen LogP contribution is -2.14. The summed E-state index contributed by atoms with van der Waals surface area (Å²) in [7, 11) is 0. The van der Waals surface area contributed by atoms with E-state index in [2.05, 4.69) is 26.2 Å². The molecule has 1 aliphatic carbocycles. The van der Waals surface area contributed by atoms with Crippen LogP contribution in [-0.2, 0) is 6.54 Å². The van der Waals surface area contributed by atoms with Gasteiger partial charge in [0.15, 0.2) is 0 Å². The molecule has 1 heterocycles. The minimum atomic E-state index is -0.236. The summed E-state index contributed by atoms with van der Waals surface area (Å²) in [6, 6.07) is 5.66. The first-order valence-corrected chi connectivity index (χ1v) is 7.47. The molecule has 0 atom stereocenters. The number of benzene rings is 1. The monoisotopic (exact) mass is 326 g/mol. The number of halogens is 2. The number of nitrogens with one attached hydrogen (secondary N) is 1. The van der Waals surface area contributed by atoms with Gasteiger partial charge in [0.25, 0.3) is 0 Å². The lowest BCUT2D eigenvalue weighted by Gasteiger charge is -2.01. The maximum Gasteiger partial charge on any atom is 0.134 e. The van der Waals surface area contributed by atoms with E-state index in [4.69, 9.17) is 0 Å². The van der Waals surface area contributed by atoms with Gasteiger partial charge in [0.05, 0.1) is 5.56 Å². The molecule has 94 valence electrons. The molecule has 0 unspecified atom stereocenters. The van der Waals surface area contributed by atoms with Crippen molar-refractivity contribution < 1.29 is 4.39 Å². The zero-order chi connectivity index (χ0) is 12.5. The number of rotatable bonds is 4. The van der Waals surface area contributed by atoms with Crippen LogP contribution in [0.3, 0.4) is 0 Å². The average Bonchev–Trinajstić information content (AvgIpc) is 3.06. The summed E-state index contributed by atoms with van der Waals surface area (Å²) in [4.78, 5) is 5.46. The van der Waals surface area contributed by atoms with E-state index >= 15 is 0 Å². The zero-order valence-corrected chi connectivity index (χ0v) is 12.0. The van der Waals surface area contributed by atoms with Gasteiger partial charge in [-0.15, -0.1) is 11.3 Å². The maximum atomic E-state index is 13.8. The van der Waals surface area contributed by atoms with E-state index in [1.807, 2.05) is 12.3 Å². The van der Waals surface area contributed by atoms with Crippen LogP contribution in [0.2, 0.25) is 0 Å². The van der Waals surface area contributed by atoms with Gasteiger partial charge in [-0.05, 0) is 40.9 Å². The standard InChI is InChI=1S/C13H12BrFN2S/c14-10-2-1-3-11(15)12(10)13-17-7-9(18-13)6-16-8-4-5-8/h1-3,7-8,16H,4-6H2. The highest BCUT2D eigenvalue weighted by Crippen LogP contribution is 2.33. The molecular formula is C13H12BrFN2S. The summed E-state index contributed by atoms with van der Waals surface area (Å²) in [5, 5.41) is 4.16. The molecule has 18 heavy (non-hydrogen) atoms. The molecule has 1 saturated carbocycles. The van der Waals surface area contributed by atoms with Gasteiger partial charge in [-0.3, -0.25) is 0 Å². The molecule has 1 N–H and O–H groups in total. The average molecular weight is 327 g/mol. The summed E-state index contributed by atoms with van der Waals surface area (Å²) in [6.07, 6.45) is 4.36. The second-order valence-electron chi connectivity index (χ2n) is 4.38. The molecule has 0 radical (unpaired) electrons. The Hall–Kier alpha value is -0.780. The zero-order valence-electron chi connectivity index (χ0n) is 9.62. The minimum absolute atomic E-state index is 0.236. The summed E-state index contributed by atoms with van der Waals surface area (Å²) >= 11 is 4.92. The van der Waals surface area contributed by atoms with Crippen LogP contribution in [0.25, 0.3) is 10.6 Å². The molecule has 0 bridgehead atoms. The summed E-state index contributed by atoms with van der Waals surface area (Å²) in [6.45, 7) is 0.828. The van der Waals surface area contributed by atoms with Crippen molar-refractivity contribution in [3.8, 4) is 10.6 Å². The smallest absolute Gasteiger partial charge is 0.134 e. The Kier molecular flexibility index (Phi) is 3.46. The van der Waals surface area contributed by atoms with Crippen LogP contribution in [0.4, 0.5) is 4.39 Å². The van der Waals surface area contributed by atoms with Crippen molar-refractivity contribution in [1.29, 1.82) is 0 Å². The Bertz CT molecular complexity index is 546. The Morgan fingerprint density at radius 2 is 2.28 bits per heavy atom. The second-order valence-corrected chi connectivity index (χ2v) is 6.35. The summed E-state index contributed by atoms with van der Waals surface area (Å²) in [5.41, 5.74) is 0.556. The molecule has 2 aromatic rings. The molecule has 0 saturated heterocycles. The first-order valence-electron chi connectivity index (χ1n) is 5.86. The molecule has 2 nitrogen and oxygen atoms in total. The highest BCUT2D eigenvalue weighted by molar-refractivity contribution is 9.10. The van der Waals surface area contributed by atoms with Crippen LogP contribution >= 0.6 is 27.3 Å². The van der Waals surface area contributed by atoms with Gasteiger partial charge in [-0.1, -0.05) is 6.07 Å². The van der Waals surface area contributed by atoms with E-state index in [9.17, 15) is 4.39 Å². The van der Waals surface area contributed by atoms with E-state index in [0.717, 1.165) is 20.9 Å². The number of aromatic nitrogens is 1. The normalized spacial score (nSPS) is 15.0. The molecule has 1 aromatic heterocycles. The summed E-state index contributed by atoms with van der Waals surface area (Å²) < 4.78 is 14.5. The van der Waals surface area contributed by atoms with Crippen molar-refractivity contribution in [2.45, 2.75) is 25.4 Å². The van der Waals surface area contributed by atoms with Crippen molar-refractivity contribution in [3.05, 3.63) is 39.6 Å². The summed E-state index contributed by atoms with van der Waals surface area (Å²) in [5.74, 6) is -0.236. The van der Waals surface area contributed by atoms with Crippen molar-refractivity contribution in [3.63, 3.8) is 0 Å². The molecule has 5 heteroatoms. The van der Waals surface area contributed by atoms with E-state index < -0.39 is 0 Å². The Morgan fingerprint density at radius 1 is 1.44 bits per heavy atom. The minimum Gasteiger partial charge on any atom is -0.309 e. The van der Waals surface area contributed by atoms with Gasteiger partial charge in [-0.2, -0.15) is 0 Å². The second kappa shape index (κ2) is 5.07. The quantitative estimate of drug-likeness (QED) is 0.919. The lowest BCUT2D eigenvalue weighted by molar-refractivity contribution is 0.630. The van der Waals surface area contributed by atoms with Crippen molar-refractivity contribution in [1.82, 2.24) is 10.3 Å². The van der Waals surface area contributed by atoms with Gasteiger partial charge in [0.1, 0.15) is 10.8 Å². The van der Waals surface area contributed by atoms with E-state index in [1.54, 1.807) is 17.4 Å². The molecular weight excluding hydrogens is 315 g/mol. The largest absolute Gasteiger partial charge is 0.309 e. The van der Waals surface area contributed by atoms with Crippen LogP contribution in [-0.4, -0.2) is 11.0 Å². The number of hydrogen-bond donors (Lipinski definition) is 1. The molecule has 1 aliphatic rings. The van der Waals surface area contributed by atoms with Gasteiger partial charge < -0.3 is 5.32 Å². The van der Waals surface area contributed by atoms with Gasteiger partial charge >= 0.3 is 0 Å². The lowest BCUT2D eigenvalue weighted by atomic mass is 10.2. The SMILES string of the molecule is Fc1cccc(Br)c1-c1ncc(CNC2CC2)s1. The van der Waals surface area contributed by atoms with Gasteiger partial charge in [0.2, 0.25) is 0 Å². The van der Waals surface area contributed by atoms with Crippen molar-refractivity contribution in [2.24, 2.45) is 0 Å². The third kappa shape index (κ3) is 2.63. The van der Waals surface area contributed by atoms with Crippen LogP contribution in [0.15, 0.2) is 28.9 Å². The van der Waals surface area contributed by atoms with Crippen LogP contribution < -0.4 is 5.32 Å². The highest BCUT2D eigenvalue weighted by atomic mass is 79.9.